The Morgan fingerprint density at radius 1 is 1.09 bits per heavy atom. The number of hydrogen-bond donors (Lipinski definition) is 1. The maximum absolute atomic E-state index is 12.8. The number of nitriles is 1. The van der Waals surface area contributed by atoms with Crippen molar-refractivity contribution < 1.29 is 22.4 Å². The number of fused-ring (bicyclic) bond motifs is 1. The Morgan fingerprint density at radius 3 is 2.44 bits per heavy atom. The molecule has 1 amide bonds. The predicted molar refractivity (Wildman–Crippen MR) is 118 cm³/mol. The van der Waals surface area contributed by atoms with Crippen LogP contribution in [0.1, 0.15) is 27.2 Å². The number of carbonyl (C=O) groups is 1. The first kappa shape index (κ1) is 22.4. The van der Waals surface area contributed by atoms with Gasteiger partial charge in [-0.25, -0.2) is 4.98 Å². The minimum atomic E-state index is -0.750. The molecule has 160 valence electrons. The Bertz CT molecular complexity index is 1330. The average molecular weight is 447 g/mol. The van der Waals surface area contributed by atoms with E-state index in [1.165, 1.54) is 6.20 Å². The van der Waals surface area contributed by atoms with E-state index in [4.69, 9.17) is 22.8 Å². The van der Waals surface area contributed by atoms with Gasteiger partial charge in [0.1, 0.15) is 34.7 Å². The zero-order valence-corrected chi connectivity index (χ0v) is 17.9. The Hall–Kier alpha value is -4.29. The summed E-state index contributed by atoms with van der Waals surface area (Å²) in [6.07, 6.45) is 1.40. The molecule has 0 aliphatic rings. The zero-order chi connectivity index (χ0) is 23.1. The maximum atomic E-state index is 12.8. The lowest BCUT2D eigenvalue weighted by Crippen LogP contribution is -2.13. The highest BCUT2D eigenvalue weighted by molar-refractivity contribution is 7.51. The zero-order valence-electron chi connectivity index (χ0n) is 17.1. The first-order chi connectivity index (χ1) is 15.4. The number of hydrogen-bond acceptors (Lipinski definition) is 7. The summed E-state index contributed by atoms with van der Waals surface area (Å²) in [5.41, 5.74) is 2.49. The molecule has 0 aliphatic heterocycles. The lowest BCUT2D eigenvalue weighted by atomic mass is 10.1. The molecule has 0 unspecified atom stereocenters. The Morgan fingerprint density at radius 2 is 1.81 bits per heavy atom. The van der Waals surface area contributed by atoms with Gasteiger partial charge in [-0.2, -0.15) is 13.7 Å². The quantitative estimate of drug-likeness (QED) is 0.481. The van der Waals surface area contributed by atoms with Crippen molar-refractivity contribution in [2.75, 3.05) is 5.32 Å². The van der Waals surface area contributed by atoms with Crippen molar-refractivity contribution in [1.29, 1.82) is 5.26 Å². The second-order valence-corrected chi connectivity index (χ2v) is 6.86. The van der Waals surface area contributed by atoms with Crippen molar-refractivity contribution in [2.24, 2.45) is 0 Å². The second kappa shape index (κ2) is 10.1. The van der Waals surface area contributed by atoms with E-state index in [-0.39, 0.29) is 5.91 Å². The Balaban J connectivity index is 0.000000913. The number of nitrogens with zero attached hydrogens (tertiary/aromatic N) is 2. The summed E-state index contributed by atoms with van der Waals surface area (Å²) < 4.78 is 28.3. The van der Waals surface area contributed by atoms with Crippen LogP contribution in [-0.2, 0) is 11.6 Å². The highest BCUT2D eigenvalue weighted by Gasteiger charge is 2.15. The molecule has 32 heavy (non-hydrogen) atoms. The van der Waals surface area contributed by atoms with E-state index in [0.29, 0.717) is 34.0 Å². The fourth-order valence-electron chi connectivity index (χ4n) is 2.91. The molecule has 9 heteroatoms. The molecule has 4 rings (SSSR count). The van der Waals surface area contributed by atoms with Crippen molar-refractivity contribution >= 4 is 34.3 Å². The van der Waals surface area contributed by atoms with E-state index in [9.17, 15) is 4.79 Å². The number of ether oxygens (including phenoxy) is 1. The van der Waals surface area contributed by atoms with Crippen LogP contribution < -0.4 is 10.1 Å². The van der Waals surface area contributed by atoms with Crippen LogP contribution in [0, 0.1) is 25.2 Å². The molecule has 2 heterocycles. The van der Waals surface area contributed by atoms with E-state index in [1.807, 2.05) is 50.2 Å². The van der Waals surface area contributed by atoms with Gasteiger partial charge in [-0.1, -0.05) is 17.7 Å². The van der Waals surface area contributed by atoms with Crippen LogP contribution in [0.4, 0.5) is 5.82 Å². The van der Waals surface area contributed by atoms with E-state index in [0.717, 1.165) is 16.7 Å². The van der Waals surface area contributed by atoms with Gasteiger partial charge >= 0.3 is 11.6 Å². The number of carbonyl (C=O) groups excluding carboxylic acids is 1. The number of amides is 1. The molecule has 0 saturated carbocycles. The van der Waals surface area contributed by atoms with E-state index >= 15 is 0 Å². The molecule has 1 N–H and O–H groups in total. The van der Waals surface area contributed by atoms with Gasteiger partial charge in [0.2, 0.25) is 0 Å². The lowest BCUT2D eigenvalue weighted by Gasteiger charge is -2.10. The van der Waals surface area contributed by atoms with Gasteiger partial charge in [-0.15, -0.1) is 0 Å². The van der Waals surface area contributed by atoms with Crippen molar-refractivity contribution in [3.8, 4) is 17.6 Å². The third-order valence-electron chi connectivity index (χ3n) is 4.37. The Kier molecular flexibility index (Phi) is 7.10. The number of anilines is 1. The summed E-state index contributed by atoms with van der Waals surface area (Å²) >= 11 is -0.750. The minimum absolute atomic E-state index is 0.353. The molecule has 0 spiro atoms. The molecule has 2 aromatic heterocycles. The van der Waals surface area contributed by atoms with Gasteiger partial charge in [-0.05, 0) is 56.3 Å². The number of benzene rings is 2. The van der Waals surface area contributed by atoms with Gasteiger partial charge in [-0.3, -0.25) is 4.79 Å². The fourth-order valence-corrected chi connectivity index (χ4v) is 2.91. The molecule has 0 radical (unpaired) electrons. The molecule has 0 aliphatic carbocycles. The summed E-state index contributed by atoms with van der Waals surface area (Å²) in [6, 6.07) is 18.1. The highest BCUT2D eigenvalue weighted by atomic mass is 32.1. The summed E-state index contributed by atoms with van der Waals surface area (Å²) in [6.45, 7) is 3.85. The van der Waals surface area contributed by atoms with Crippen LogP contribution >= 0.6 is 0 Å². The van der Waals surface area contributed by atoms with Crippen LogP contribution in [0.2, 0.25) is 0 Å². The monoisotopic (exact) mass is 447 g/mol. The molecule has 0 atom stereocenters. The molecule has 8 nitrogen and oxygen atoms in total. The van der Waals surface area contributed by atoms with Crippen LogP contribution in [0.5, 0.6) is 11.5 Å². The number of aryl methyl sites for hydroxylation is 2. The Labute approximate surface area is 187 Å². The van der Waals surface area contributed by atoms with Crippen LogP contribution in [0.15, 0.2) is 65.2 Å². The van der Waals surface area contributed by atoms with Gasteiger partial charge in [0, 0.05) is 11.8 Å². The topological polar surface area (TPSA) is 122 Å². The standard InChI is InChI=1S/C23H17N3O3.O2S/c1-14-3-6-18(7-4-14)29-21-11-17(10-20-19(21)9-15(2)28-20)23(27)26-22-8-5-16(12-24)13-25-22;1-3-2/h3-11,13H,1-2H3,(H,25,26,27);. The van der Waals surface area contributed by atoms with Crippen LogP contribution in [0.3, 0.4) is 0 Å². The number of aromatic nitrogens is 1. The molecule has 0 saturated heterocycles. The predicted octanol–water partition coefficient (Wildman–Crippen LogP) is 4.69. The highest BCUT2D eigenvalue weighted by Crippen LogP contribution is 2.34. The molecule has 2 aromatic carbocycles. The van der Waals surface area contributed by atoms with Crippen LogP contribution in [0.25, 0.3) is 11.0 Å². The molecular weight excluding hydrogens is 430 g/mol. The van der Waals surface area contributed by atoms with E-state index in [2.05, 4.69) is 10.3 Å². The molecule has 4 aromatic rings. The summed E-state index contributed by atoms with van der Waals surface area (Å²) in [7, 11) is 0. The third kappa shape index (κ3) is 5.44. The summed E-state index contributed by atoms with van der Waals surface area (Å²) in [4.78, 5) is 16.8. The maximum Gasteiger partial charge on any atom is 0.335 e. The number of rotatable bonds is 4. The minimum Gasteiger partial charge on any atom is -0.461 e. The van der Waals surface area contributed by atoms with Gasteiger partial charge < -0.3 is 14.5 Å². The fraction of sp³-hybridized carbons (Fsp3) is 0.0870. The molecule has 0 bridgehead atoms. The third-order valence-corrected chi connectivity index (χ3v) is 4.37. The van der Waals surface area contributed by atoms with Crippen molar-refractivity contribution in [1.82, 2.24) is 4.98 Å². The van der Waals surface area contributed by atoms with Crippen molar-refractivity contribution in [3.63, 3.8) is 0 Å². The normalized spacial score (nSPS) is 9.91. The van der Waals surface area contributed by atoms with E-state index in [1.54, 1.807) is 24.3 Å². The van der Waals surface area contributed by atoms with Gasteiger partial charge in [0.15, 0.2) is 0 Å². The van der Waals surface area contributed by atoms with Gasteiger partial charge in [0.25, 0.3) is 5.91 Å². The number of furan rings is 1. The summed E-state index contributed by atoms with van der Waals surface area (Å²) in [5.74, 6) is 1.92. The lowest BCUT2D eigenvalue weighted by molar-refractivity contribution is 0.102. The summed E-state index contributed by atoms with van der Waals surface area (Å²) in [5, 5.41) is 12.4. The SMILES string of the molecule is Cc1ccc(Oc2cc(C(=O)Nc3ccc(C#N)cn3)cc3oc(C)cc23)cc1.O=S=O. The smallest absolute Gasteiger partial charge is 0.335 e. The second-order valence-electron chi connectivity index (χ2n) is 6.72. The van der Waals surface area contributed by atoms with Gasteiger partial charge in [0.05, 0.1) is 10.9 Å². The molecule has 0 fully saturated rings. The van der Waals surface area contributed by atoms with Crippen LogP contribution in [-0.4, -0.2) is 19.3 Å². The van der Waals surface area contributed by atoms with E-state index < -0.39 is 11.6 Å². The first-order valence-corrected chi connectivity index (χ1v) is 9.98. The number of pyridine rings is 1. The average Bonchev–Trinajstić information content (AvgIpc) is 3.17. The van der Waals surface area contributed by atoms with Crippen molar-refractivity contribution in [3.05, 3.63) is 83.2 Å². The molecular formula is C23H17N3O5S. The van der Waals surface area contributed by atoms with Crippen molar-refractivity contribution in [2.45, 2.75) is 13.8 Å². The first-order valence-electron chi connectivity index (χ1n) is 9.31. The number of nitrogens with one attached hydrogen (secondary N) is 1. The largest absolute Gasteiger partial charge is 0.461 e.